The molecule has 2 rings (SSSR count). The van der Waals surface area contributed by atoms with Gasteiger partial charge in [0.1, 0.15) is 5.92 Å². The molecule has 0 radical (unpaired) electrons. The third kappa shape index (κ3) is 4.69. The molecule has 1 aromatic rings. The van der Waals surface area contributed by atoms with Crippen molar-refractivity contribution >= 4 is 29.1 Å². The van der Waals surface area contributed by atoms with Crippen LogP contribution in [0.1, 0.15) is 26.7 Å². The van der Waals surface area contributed by atoms with Gasteiger partial charge in [0.05, 0.1) is 6.10 Å². The molecule has 1 aliphatic rings. The smallest absolute Gasteiger partial charge is 0.239 e. The van der Waals surface area contributed by atoms with Crippen LogP contribution in [0, 0.1) is 11.8 Å². The molecule has 2 unspecified atom stereocenters. The summed E-state index contributed by atoms with van der Waals surface area (Å²) >= 11 is 5.85. The van der Waals surface area contributed by atoms with Crippen LogP contribution in [0.3, 0.4) is 0 Å². The van der Waals surface area contributed by atoms with E-state index in [1.54, 1.807) is 29.2 Å². The molecule has 0 bridgehead atoms. The van der Waals surface area contributed by atoms with Crippen molar-refractivity contribution in [3.05, 3.63) is 29.3 Å². The molecule has 1 aromatic carbocycles. The van der Waals surface area contributed by atoms with E-state index in [4.69, 9.17) is 11.6 Å². The van der Waals surface area contributed by atoms with Crippen molar-refractivity contribution in [1.29, 1.82) is 0 Å². The molecule has 2 N–H and O–H groups in total. The minimum Gasteiger partial charge on any atom is -0.391 e. The SMILES string of the molecule is CC(C)CC(O)CNC(=O)C1CCN(c2ccc(Cl)cc2)C1=O. The van der Waals surface area contributed by atoms with Crippen molar-refractivity contribution in [3.63, 3.8) is 0 Å². The Morgan fingerprint density at radius 1 is 1.39 bits per heavy atom. The van der Waals surface area contributed by atoms with E-state index in [2.05, 4.69) is 5.32 Å². The molecule has 1 aliphatic heterocycles. The zero-order chi connectivity index (χ0) is 17.0. The van der Waals surface area contributed by atoms with E-state index in [1.165, 1.54) is 0 Å². The Hall–Kier alpha value is -1.59. The molecule has 0 aromatic heterocycles. The molecule has 2 amide bonds. The highest BCUT2D eigenvalue weighted by Gasteiger charge is 2.37. The molecule has 1 fully saturated rings. The molecule has 0 spiro atoms. The summed E-state index contributed by atoms with van der Waals surface area (Å²) in [6.07, 6.45) is 0.520. The summed E-state index contributed by atoms with van der Waals surface area (Å²) in [6, 6.07) is 6.99. The number of aliphatic hydroxyl groups excluding tert-OH is 1. The number of nitrogens with one attached hydrogen (secondary N) is 1. The number of halogens is 1. The molecular formula is C17H23ClN2O3. The fourth-order valence-electron chi connectivity index (χ4n) is 2.77. The van der Waals surface area contributed by atoms with E-state index in [1.807, 2.05) is 13.8 Å². The van der Waals surface area contributed by atoms with Crippen molar-refractivity contribution in [2.45, 2.75) is 32.8 Å². The standard InChI is InChI=1S/C17H23ClN2O3/c1-11(2)9-14(21)10-19-16(22)15-7-8-20(17(15)23)13-5-3-12(18)4-6-13/h3-6,11,14-15,21H,7-10H2,1-2H3,(H,19,22). The molecule has 126 valence electrons. The summed E-state index contributed by atoms with van der Waals surface area (Å²) in [5.74, 6) is -0.843. The number of anilines is 1. The highest BCUT2D eigenvalue weighted by molar-refractivity contribution is 6.30. The number of aliphatic hydroxyl groups is 1. The molecule has 6 heteroatoms. The van der Waals surface area contributed by atoms with Crippen LogP contribution in [0.15, 0.2) is 24.3 Å². The average Bonchev–Trinajstić information content (AvgIpc) is 2.87. The lowest BCUT2D eigenvalue weighted by molar-refractivity contribution is -0.132. The van der Waals surface area contributed by atoms with Crippen LogP contribution in [0.25, 0.3) is 0 Å². The number of benzene rings is 1. The average molecular weight is 339 g/mol. The van der Waals surface area contributed by atoms with E-state index in [0.29, 0.717) is 30.3 Å². The first-order valence-electron chi connectivity index (χ1n) is 7.91. The molecule has 5 nitrogen and oxygen atoms in total. The Morgan fingerprint density at radius 3 is 2.65 bits per heavy atom. The van der Waals surface area contributed by atoms with Gasteiger partial charge in [-0.15, -0.1) is 0 Å². The van der Waals surface area contributed by atoms with Gasteiger partial charge in [-0.25, -0.2) is 0 Å². The lowest BCUT2D eigenvalue weighted by atomic mass is 10.0. The topological polar surface area (TPSA) is 69.6 Å². The van der Waals surface area contributed by atoms with Gasteiger partial charge in [0.2, 0.25) is 11.8 Å². The zero-order valence-electron chi connectivity index (χ0n) is 13.5. The number of amides is 2. The van der Waals surface area contributed by atoms with Crippen LogP contribution in [0.4, 0.5) is 5.69 Å². The van der Waals surface area contributed by atoms with Gasteiger partial charge in [0.25, 0.3) is 0 Å². The fourth-order valence-corrected chi connectivity index (χ4v) is 2.90. The Kier molecular flexibility index (Phi) is 6.02. The minimum absolute atomic E-state index is 0.182. The molecule has 0 aliphatic carbocycles. The van der Waals surface area contributed by atoms with Crippen molar-refractivity contribution in [1.82, 2.24) is 5.32 Å². The second-order valence-electron chi connectivity index (χ2n) is 6.34. The maximum Gasteiger partial charge on any atom is 0.239 e. The Bertz CT molecular complexity index is 559. The first-order valence-corrected chi connectivity index (χ1v) is 8.29. The first-order chi connectivity index (χ1) is 10.9. The van der Waals surface area contributed by atoms with Gasteiger partial charge in [-0.05, 0) is 43.0 Å². The van der Waals surface area contributed by atoms with Gasteiger partial charge in [-0.3, -0.25) is 9.59 Å². The third-order valence-electron chi connectivity index (χ3n) is 3.92. The van der Waals surface area contributed by atoms with Gasteiger partial charge in [0, 0.05) is 23.8 Å². The molecular weight excluding hydrogens is 316 g/mol. The summed E-state index contributed by atoms with van der Waals surface area (Å²) in [6.45, 7) is 4.71. The highest BCUT2D eigenvalue weighted by Crippen LogP contribution is 2.26. The van der Waals surface area contributed by atoms with Gasteiger partial charge >= 0.3 is 0 Å². The van der Waals surface area contributed by atoms with Gasteiger partial charge < -0.3 is 15.3 Å². The number of rotatable bonds is 6. The van der Waals surface area contributed by atoms with Crippen molar-refractivity contribution in [3.8, 4) is 0 Å². The fraction of sp³-hybridized carbons (Fsp3) is 0.529. The largest absolute Gasteiger partial charge is 0.391 e. The van der Waals surface area contributed by atoms with Crippen LogP contribution in [-0.4, -0.2) is 36.1 Å². The van der Waals surface area contributed by atoms with E-state index >= 15 is 0 Å². The summed E-state index contributed by atoms with van der Waals surface area (Å²) < 4.78 is 0. The Balaban J connectivity index is 1.90. The molecule has 1 heterocycles. The maximum atomic E-state index is 12.4. The van der Waals surface area contributed by atoms with Crippen LogP contribution in [0.5, 0.6) is 0 Å². The quantitative estimate of drug-likeness (QED) is 0.781. The molecule has 23 heavy (non-hydrogen) atoms. The number of nitrogens with zero attached hydrogens (tertiary/aromatic N) is 1. The van der Waals surface area contributed by atoms with Crippen LogP contribution < -0.4 is 10.2 Å². The van der Waals surface area contributed by atoms with Gasteiger partial charge in [-0.2, -0.15) is 0 Å². The summed E-state index contributed by atoms with van der Waals surface area (Å²) in [4.78, 5) is 26.2. The zero-order valence-corrected chi connectivity index (χ0v) is 14.2. The van der Waals surface area contributed by atoms with Crippen molar-refractivity contribution in [2.24, 2.45) is 11.8 Å². The lowest BCUT2D eigenvalue weighted by Gasteiger charge is -2.18. The van der Waals surface area contributed by atoms with Gasteiger partial charge in [0.15, 0.2) is 0 Å². The van der Waals surface area contributed by atoms with Crippen LogP contribution in [-0.2, 0) is 9.59 Å². The Morgan fingerprint density at radius 2 is 2.04 bits per heavy atom. The van der Waals surface area contributed by atoms with E-state index < -0.39 is 12.0 Å². The Labute approximate surface area is 141 Å². The molecule has 0 saturated carbocycles. The lowest BCUT2D eigenvalue weighted by Crippen LogP contribution is -2.40. The number of carbonyl (C=O) groups excluding carboxylic acids is 2. The van der Waals surface area contributed by atoms with Crippen LogP contribution in [0.2, 0.25) is 5.02 Å². The van der Waals surface area contributed by atoms with E-state index in [0.717, 1.165) is 5.69 Å². The highest BCUT2D eigenvalue weighted by atomic mass is 35.5. The maximum absolute atomic E-state index is 12.4. The minimum atomic E-state index is -0.683. The van der Waals surface area contributed by atoms with Crippen LogP contribution >= 0.6 is 11.6 Å². The summed E-state index contributed by atoms with van der Waals surface area (Å²) in [5, 5.41) is 13.1. The van der Waals surface area contributed by atoms with E-state index in [-0.39, 0.29) is 18.4 Å². The number of carbonyl (C=O) groups is 2. The second kappa shape index (κ2) is 7.79. The summed E-state index contributed by atoms with van der Waals surface area (Å²) in [5.41, 5.74) is 0.745. The second-order valence-corrected chi connectivity index (χ2v) is 6.77. The van der Waals surface area contributed by atoms with E-state index in [9.17, 15) is 14.7 Å². The molecule has 1 saturated heterocycles. The monoisotopic (exact) mass is 338 g/mol. The molecule has 2 atom stereocenters. The van der Waals surface area contributed by atoms with Crippen molar-refractivity contribution in [2.75, 3.05) is 18.0 Å². The summed E-state index contributed by atoms with van der Waals surface area (Å²) in [7, 11) is 0. The third-order valence-corrected chi connectivity index (χ3v) is 4.17. The first kappa shape index (κ1) is 17.8. The predicted molar refractivity (Wildman–Crippen MR) is 90.4 cm³/mol. The number of hydrogen-bond donors (Lipinski definition) is 2. The van der Waals surface area contributed by atoms with Crippen molar-refractivity contribution < 1.29 is 14.7 Å². The normalized spacial score (nSPS) is 19.3. The number of hydrogen-bond acceptors (Lipinski definition) is 3. The predicted octanol–water partition coefficient (Wildman–Crippen LogP) is 2.22. The van der Waals surface area contributed by atoms with Gasteiger partial charge in [-0.1, -0.05) is 25.4 Å².